The van der Waals surface area contributed by atoms with E-state index in [4.69, 9.17) is 0 Å². The highest BCUT2D eigenvalue weighted by atomic mass is 16.4. The smallest absolute Gasteiger partial charge is 0.110 e. The molecule has 0 aliphatic heterocycles. The van der Waals surface area contributed by atoms with Crippen molar-refractivity contribution in [3.8, 4) is 0 Å². The molecule has 0 amide bonds. The summed E-state index contributed by atoms with van der Waals surface area (Å²) < 4.78 is 0. The molecule has 0 spiro atoms. The molecule has 1 saturated carbocycles. The topological polar surface area (TPSA) is 113 Å². The van der Waals surface area contributed by atoms with Crippen molar-refractivity contribution in [1.82, 2.24) is 5.32 Å². The maximum absolute atomic E-state index is 10.0. The van der Waals surface area contributed by atoms with Crippen LogP contribution in [0.5, 0.6) is 0 Å². The second-order valence-corrected chi connectivity index (χ2v) is 6.06. The number of hydrogen-bond acceptors (Lipinski definition) is 6. The summed E-state index contributed by atoms with van der Waals surface area (Å²) in [6, 6.07) is -0.612. The van der Waals surface area contributed by atoms with Crippen LogP contribution in [-0.2, 0) is 0 Å². The second kappa shape index (κ2) is 9.71. The first kappa shape index (κ1) is 18.8. The molecule has 0 bridgehead atoms. The third-order valence-corrected chi connectivity index (χ3v) is 4.44. The highest BCUT2D eigenvalue weighted by molar-refractivity contribution is 5.01. The molecule has 1 fully saturated rings. The maximum atomic E-state index is 10.0. The van der Waals surface area contributed by atoms with Gasteiger partial charge in [-0.2, -0.15) is 0 Å². The zero-order chi connectivity index (χ0) is 15.8. The molecule has 6 heteroatoms. The van der Waals surface area contributed by atoms with Crippen molar-refractivity contribution in [2.24, 2.45) is 5.92 Å². The lowest BCUT2D eigenvalue weighted by Crippen LogP contribution is -2.65. The van der Waals surface area contributed by atoms with Crippen LogP contribution < -0.4 is 5.32 Å². The molecule has 6 atom stereocenters. The van der Waals surface area contributed by atoms with Gasteiger partial charge in [0, 0.05) is 12.0 Å². The number of unbranched alkanes of at least 4 members (excludes halogenated alkanes) is 5. The van der Waals surface area contributed by atoms with E-state index < -0.39 is 36.4 Å². The van der Waals surface area contributed by atoms with Gasteiger partial charge in [0.05, 0.1) is 18.8 Å². The van der Waals surface area contributed by atoms with Crippen LogP contribution in [0.15, 0.2) is 0 Å². The standard InChI is InChI=1S/C15H31NO5/c1-2-3-4-5-6-7-8-16-11-10(9-17)12(18)14(20)15(21)13(11)19/h10-21H,2-9H2,1H3/t10-,11+,12+,13-,14-,15+/m0/s1. The van der Waals surface area contributed by atoms with Crippen molar-refractivity contribution in [3.05, 3.63) is 0 Å². The summed E-state index contributed by atoms with van der Waals surface area (Å²) in [4.78, 5) is 0. The fourth-order valence-electron chi connectivity index (χ4n) is 3.00. The molecule has 126 valence electrons. The Morgan fingerprint density at radius 1 is 0.762 bits per heavy atom. The van der Waals surface area contributed by atoms with Gasteiger partial charge in [0.2, 0.25) is 0 Å². The summed E-state index contributed by atoms with van der Waals surface area (Å²) >= 11 is 0. The molecule has 0 unspecified atom stereocenters. The lowest BCUT2D eigenvalue weighted by atomic mass is 9.77. The monoisotopic (exact) mass is 305 g/mol. The minimum atomic E-state index is -1.43. The van der Waals surface area contributed by atoms with Gasteiger partial charge < -0.3 is 30.8 Å². The van der Waals surface area contributed by atoms with Gasteiger partial charge in [0.15, 0.2) is 0 Å². The van der Waals surface area contributed by atoms with Crippen LogP contribution in [0.4, 0.5) is 0 Å². The summed E-state index contributed by atoms with van der Waals surface area (Å²) in [5, 5.41) is 51.7. The minimum absolute atomic E-state index is 0.351. The zero-order valence-corrected chi connectivity index (χ0v) is 12.9. The predicted molar refractivity (Wildman–Crippen MR) is 79.8 cm³/mol. The van der Waals surface area contributed by atoms with Crippen LogP contribution in [-0.4, -0.2) is 69.1 Å². The van der Waals surface area contributed by atoms with Gasteiger partial charge in [-0.3, -0.25) is 0 Å². The van der Waals surface area contributed by atoms with Crippen molar-refractivity contribution >= 4 is 0 Å². The normalized spacial score (nSPS) is 36.9. The van der Waals surface area contributed by atoms with Crippen molar-refractivity contribution in [1.29, 1.82) is 0 Å². The Bertz CT molecular complexity index is 279. The van der Waals surface area contributed by atoms with E-state index >= 15 is 0 Å². The Morgan fingerprint density at radius 2 is 1.33 bits per heavy atom. The first-order valence-electron chi connectivity index (χ1n) is 8.11. The van der Waals surface area contributed by atoms with Crippen LogP contribution in [0.3, 0.4) is 0 Å². The van der Waals surface area contributed by atoms with Crippen molar-refractivity contribution in [2.45, 2.75) is 75.9 Å². The average Bonchev–Trinajstić information content (AvgIpc) is 2.49. The highest BCUT2D eigenvalue weighted by Gasteiger charge is 2.48. The van der Waals surface area contributed by atoms with Gasteiger partial charge in [0.25, 0.3) is 0 Å². The fraction of sp³-hybridized carbons (Fsp3) is 1.00. The molecular weight excluding hydrogens is 274 g/mol. The van der Waals surface area contributed by atoms with E-state index in [1.54, 1.807) is 0 Å². The molecule has 6 N–H and O–H groups in total. The lowest BCUT2D eigenvalue weighted by molar-refractivity contribution is -0.176. The molecule has 0 heterocycles. The van der Waals surface area contributed by atoms with E-state index in [9.17, 15) is 25.5 Å². The van der Waals surface area contributed by atoms with Crippen LogP contribution in [0.2, 0.25) is 0 Å². The third-order valence-electron chi connectivity index (χ3n) is 4.44. The SMILES string of the molecule is CCCCCCCCN[C@H]1[C@H](O)[C@@H](O)[C@@H](O)[C@H](O)[C@H]1CO. The molecule has 0 saturated heterocycles. The largest absolute Gasteiger partial charge is 0.396 e. The van der Waals surface area contributed by atoms with Crippen LogP contribution in [0, 0.1) is 5.92 Å². The van der Waals surface area contributed by atoms with Gasteiger partial charge in [-0.15, -0.1) is 0 Å². The molecule has 1 aliphatic carbocycles. The van der Waals surface area contributed by atoms with E-state index in [0.717, 1.165) is 12.8 Å². The molecule has 0 aromatic rings. The van der Waals surface area contributed by atoms with E-state index in [1.807, 2.05) is 0 Å². The van der Waals surface area contributed by atoms with E-state index in [1.165, 1.54) is 25.7 Å². The molecule has 1 rings (SSSR count). The number of rotatable bonds is 9. The van der Waals surface area contributed by atoms with Crippen molar-refractivity contribution in [2.75, 3.05) is 13.2 Å². The Hall–Kier alpha value is -0.240. The summed E-state index contributed by atoms with van der Waals surface area (Å²) in [5.74, 6) is -0.682. The maximum Gasteiger partial charge on any atom is 0.110 e. The quantitative estimate of drug-likeness (QED) is 0.316. The Labute approximate surface area is 126 Å². The van der Waals surface area contributed by atoms with Crippen molar-refractivity contribution < 1.29 is 25.5 Å². The van der Waals surface area contributed by atoms with E-state index in [0.29, 0.717) is 6.54 Å². The van der Waals surface area contributed by atoms with Gasteiger partial charge in [0.1, 0.15) is 12.2 Å². The van der Waals surface area contributed by atoms with Gasteiger partial charge in [-0.05, 0) is 13.0 Å². The highest BCUT2D eigenvalue weighted by Crippen LogP contribution is 2.26. The van der Waals surface area contributed by atoms with Gasteiger partial charge in [-0.1, -0.05) is 39.0 Å². The number of nitrogens with one attached hydrogen (secondary N) is 1. The summed E-state index contributed by atoms with van der Waals surface area (Å²) in [5.41, 5.74) is 0. The molecule has 1 aliphatic rings. The van der Waals surface area contributed by atoms with Gasteiger partial charge >= 0.3 is 0 Å². The van der Waals surface area contributed by atoms with Gasteiger partial charge in [-0.25, -0.2) is 0 Å². The molecular formula is C15H31NO5. The van der Waals surface area contributed by atoms with E-state index in [-0.39, 0.29) is 6.61 Å². The fourth-order valence-corrected chi connectivity index (χ4v) is 3.00. The number of aliphatic hydroxyl groups is 5. The number of hydrogen-bond donors (Lipinski definition) is 6. The van der Waals surface area contributed by atoms with E-state index in [2.05, 4.69) is 12.2 Å². The summed E-state index contributed by atoms with van der Waals surface area (Å²) in [6.07, 6.45) is 1.64. The zero-order valence-electron chi connectivity index (χ0n) is 12.9. The first-order chi connectivity index (χ1) is 10.0. The lowest BCUT2D eigenvalue weighted by Gasteiger charge is -2.44. The van der Waals surface area contributed by atoms with Crippen molar-refractivity contribution in [3.63, 3.8) is 0 Å². The molecule has 0 radical (unpaired) electrons. The summed E-state index contributed by atoms with van der Waals surface area (Å²) in [6.45, 7) is 2.47. The molecule has 0 aromatic carbocycles. The Balaban J connectivity index is 2.36. The van der Waals surface area contributed by atoms with Crippen LogP contribution >= 0.6 is 0 Å². The average molecular weight is 305 g/mol. The molecule has 0 aromatic heterocycles. The third kappa shape index (κ3) is 5.16. The summed E-state index contributed by atoms with van der Waals surface area (Å²) in [7, 11) is 0. The first-order valence-corrected chi connectivity index (χ1v) is 8.11. The molecule has 21 heavy (non-hydrogen) atoms. The Kier molecular flexibility index (Phi) is 8.70. The second-order valence-electron chi connectivity index (χ2n) is 6.06. The molecule has 6 nitrogen and oxygen atoms in total. The minimum Gasteiger partial charge on any atom is -0.396 e. The Morgan fingerprint density at radius 3 is 1.95 bits per heavy atom. The number of aliphatic hydroxyl groups excluding tert-OH is 5. The van der Waals surface area contributed by atoms with Crippen LogP contribution in [0.1, 0.15) is 45.4 Å². The van der Waals surface area contributed by atoms with Crippen LogP contribution in [0.25, 0.3) is 0 Å². The predicted octanol–water partition coefficient (Wildman–Crippen LogP) is -0.629.